The maximum Gasteiger partial charge on any atom is 0.416 e. The van der Waals surface area contributed by atoms with Gasteiger partial charge in [0.1, 0.15) is 6.54 Å². The first-order valence-electron chi connectivity index (χ1n) is 11.1. The topological polar surface area (TPSA) is 91.3 Å². The molecule has 1 N–H and O–H groups in total. The highest BCUT2D eigenvalue weighted by atomic mass is 19.4. The lowest BCUT2D eigenvalue weighted by Crippen LogP contribution is -2.51. The van der Waals surface area contributed by atoms with Crippen molar-refractivity contribution in [1.29, 1.82) is 0 Å². The monoisotopic (exact) mass is 486 g/mol. The number of nitrogens with zero attached hydrogens (tertiary/aromatic N) is 5. The van der Waals surface area contributed by atoms with Crippen LogP contribution in [0.4, 0.5) is 24.7 Å². The second-order valence-corrected chi connectivity index (χ2v) is 8.59. The van der Waals surface area contributed by atoms with Crippen molar-refractivity contribution < 1.29 is 22.8 Å². The van der Waals surface area contributed by atoms with Gasteiger partial charge in [0.25, 0.3) is 0 Å². The van der Waals surface area contributed by atoms with Crippen LogP contribution in [0, 0.1) is 13.8 Å². The number of hydrogen-bond acceptors (Lipinski definition) is 6. The summed E-state index contributed by atoms with van der Waals surface area (Å²) >= 11 is 0. The van der Waals surface area contributed by atoms with E-state index in [0.717, 1.165) is 6.07 Å². The first kappa shape index (κ1) is 24.4. The van der Waals surface area contributed by atoms with Gasteiger partial charge in [-0.3, -0.25) is 14.6 Å². The molecular formula is C24H25F3N6O2. The number of aryl methyl sites for hydroxylation is 1. The van der Waals surface area contributed by atoms with Crippen LogP contribution in [0.15, 0.2) is 30.5 Å². The van der Waals surface area contributed by atoms with Gasteiger partial charge in [0.2, 0.25) is 11.8 Å². The predicted molar refractivity (Wildman–Crippen MR) is 125 cm³/mol. The Bertz CT molecular complexity index is 1310. The van der Waals surface area contributed by atoms with Crippen LogP contribution in [0.1, 0.15) is 42.3 Å². The Kier molecular flexibility index (Phi) is 6.35. The van der Waals surface area contributed by atoms with Crippen molar-refractivity contribution in [2.75, 3.05) is 29.9 Å². The summed E-state index contributed by atoms with van der Waals surface area (Å²) in [6.45, 7) is 7.09. The molecule has 11 heteroatoms. The number of anilines is 2. The quantitative estimate of drug-likeness (QED) is 0.599. The number of alkyl halides is 3. The highest BCUT2D eigenvalue weighted by Gasteiger charge is 2.33. The number of carbonyl (C=O) groups is 2. The first-order valence-corrected chi connectivity index (χ1v) is 11.1. The SMILES string of the molecule is CC(=O)N1CCN(c2cnc3c(C)nnc(N[C@H](C)c4cccc(C(F)(F)F)c4C)c3c2)C(=O)C1. The fourth-order valence-electron chi connectivity index (χ4n) is 4.33. The van der Waals surface area contributed by atoms with E-state index in [1.165, 1.54) is 24.8 Å². The summed E-state index contributed by atoms with van der Waals surface area (Å²) in [5.41, 5.74) is 1.62. The summed E-state index contributed by atoms with van der Waals surface area (Å²) in [7, 11) is 0. The molecule has 0 bridgehead atoms. The van der Waals surface area contributed by atoms with Crippen LogP contribution in [-0.4, -0.2) is 51.5 Å². The zero-order valence-corrected chi connectivity index (χ0v) is 19.8. The third-order valence-corrected chi connectivity index (χ3v) is 6.25. The number of benzene rings is 1. The van der Waals surface area contributed by atoms with Gasteiger partial charge in [0.05, 0.1) is 34.7 Å². The molecule has 0 spiro atoms. The van der Waals surface area contributed by atoms with E-state index in [-0.39, 0.29) is 23.9 Å². The van der Waals surface area contributed by atoms with Crippen molar-refractivity contribution in [3.8, 4) is 0 Å². The minimum atomic E-state index is -4.45. The van der Waals surface area contributed by atoms with Crippen molar-refractivity contribution in [3.63, 3.8) is 0 Å². The average Bonchev–Trinajstić information content (AvgIpc) is 2.80. The van der Waals surface area contributed by atoms with Crippen LogP contribution in [0.5, 0.6) is 0 Å². The highest BCUT2D eigenvalue weighted by molar-refractivity contribution is 6.00. The zero-order valence-electron chi connectivity index (χ0n) is 19.8. The fourth-order valence-corrected chi connectivity index (χ4v) is 4.33. The Hall–Kier alpha value is -3.76. The summed E-state index contributed by atoms with van der Waals surface area (Å²) in [6, 6.07) is 5.34. The molecule has 1 aromatic carbocycles. The second-order valence-electron chi connectivity index (χ2n) is 8.59. The summed E-state index contributed by atoms with van der Waals surface area (Å²) in [5.74, 6) is -0.0428. The Balaban J connectivity index is 1.68. The standard InChI is InChI=1S/C24H25F3N6O2/c1-13-18(6-5-7-20(13)24(25,26)27)14(2)29-23-19-10-17(11-28-22(19)15(3)30-31-23)33-9-8-32(16(4)34)12-21(33)35/h5-7,10-11,14H,8-9,12H2,1-4H3,(H,29,31)/t14-/m1/s1. The normalized spacial score (nSPS) is 15.5. The molecule has 2 amide bonds. The number of fused-ring (bicyclic) bond motifs is 1. The van der Waals surface area contributed by atoms with Gasteiger partial charge < -0.3 is 15.1 Å². The van der Waals surface area contributed by atoms with Gasteiger partial charge in [-0.1, -0.05) is 12.1 Å². The summed E-state index contributed by atoms with van der Waals surface area (Å²) < 4.78 is 40.2. The highest BCUT2D eigenvalue weighted by Crippen LogP contribution is 2.36. The molecule has 3 aromatic rings. The summed E-state index contributed by atoms with van der Waals surface area (Å²) in [5, 5.41) is 12.1. The van der Waals surface area contributed by atoms with E-state index >= 15 is 0 Å². The van der Waals surface area contributed by atoms with Crippen molar-refractivity contribution in [3.05, 3.63) is 52.8 Å². The van der Waals surface area contributed by atoms with Crippen LogP contribution in [0.3, 0.4) is 0 Å². The van der Waals surface area contributed by atoms with E-state index in [9.17, 15) is 22.8 Å². The predicted octanol–water partition coefficient (Wildman–Crippen LogP) is 4.03. The molecule has 0 aliphatic carbocycles. The molecule has 0 saturated carbocycles. The molecule has 184 valence electrons. The van der Waals surface area contributed by atoms with Gasteiger partial charge in [-0.25, -0.2) is 0 Å². The van der Waals surface area contributed by atoms with Crippen LogP contribution in [0.25, 0.3) is 10.9 Å². The molecule has 1 aliphatic heterocycles. The second kappa shape index (κ2) is 9.12. The molecular weight excluding hydrogens is 461 g/mol. The fraction of sp³-hybridized carbons (Fsp3) is 0.375. The number of amides is 2. The number of pyridine rings is 1. The van der Waals surface area contributed by atoms with Gasteiger partial charge >= 0.3 is 6.18 Å². The molecule has 4 rings (SSSR count). The van der Waals surface area contributed by atoms with E-state index in [1.54, 1.807) is 37.1 Å². The Morgan fingerprint density at radius 1 is 1.17 bits per heavy atom. The molecule has 1 fully saturated rings. The molecule has 0 radical (unpaired) electrons. The third-order valence-electron chi connectivity index (χ3n) is 6.25. The van der Waals surface area contributed by atoms with Gasteiger partial charge in [0, 0.05) is 25.4 Å². The number of nitrogens with one attached hydrogen (secondary N) is 1. The zero-order chi connectivity index (χ0) is 25.5. The van der Waals surface area contributed by atoms with Gasteiger partial charge in [0.15, 0.2) is 5.82 Å². The first-order chi connectivity index (χ1) is 16.5. The van der Waals surface area contributed by atoms with Gasteiger partial charge in [-0.15, -0.1) is 5.10 Å². The van der Waals surface area contributed by atoms with E-state index in [0.29, 0.717) is 46.8 Å². The number of piperazine rings is 1. The molecule has 2 aromatic heterocycles. The molecule has 0 unspecified atom stereocenters. The van der Waals surface area contributed by atoms with Crippen LogP contribution in [-0.2, 0) is 15.8 Å². The van der Waals surface area contributed by atoms with Crippen molar-refractivity contribution in [1.82, 2.24) is 20.1 Å². The molecule has 3 heterocycles. The molecule has 35 heavy (non-hydrogen) atoms. The van der Waals surface area contributed by atoms with E-state index in [1.807, 2.05) is 0 Å². The average molecular weight is 486 g/mol. The maximum atomic E-state index is 13.4. The summed E-state index contributed by atoms with van der Waals surface area (Å²) in [6.07, 6.45) is -2.88. The third kappa shape index (κ3) is 4.75. The Labute approximate surface area is 200 Å². The number of halogens is 3. The minimum absolute atomic E-state index is 0.0159. The number of aromatic nitrogens is 3. The van der Waals surface area contributed by atoms with Crippen molar-refractivity contribution in [2.24, 2.45) is 0 Å². The molecule has 1 aliphatic rings. The van der Waals surface area contributed by atoms with Crippen molar-refractivity contribution >= 4 is 34.2 Å². The van der Waals surface area contributed by atoms with Gasteiger partial charge in [-0.05, 0) is 44.0 Å². The van der Waals surface area contributed by atoms with Crippen LogP contribution >= 0.6 is 0 Å². The Morgan fingerprint density at radius 3 is 2.57 bits per heavy atom. The molecule has 1 atom stereocenters. The minimum Gasteiger partial charge on any atom is -0.361 e. The lowest BCUT2D eigenvalue weighted by atomic mass is 9.97. The smallest absolute Gasteiger partial charge is 0.361 e. The van der Waals surface area contributed by atoms with Crippen LogP contribution < -0.4 is 10.2 Å². The summed E-state index contributed by atoms with van der Waals surface area (Å²) in [4.78, 5) is 31.8. The van der Waals surface area contributed by atoms with Gasteiger partial charge in [-0.2, -0.15) is 18.3 Å². The Morgan fingerprint density at radius 2 is 1.91 bits per heavy atom. The van der Waals surface area contributed by atoms with E-state index in [4.69, 9.17) is 0 Å². The molecule has 8 nitrogen and oxygen atoms in total. The van der Waals surface area contributed by atoms with Crippen LogP contribution in [0.2, 0.25) is 0 Å². The number of rotatable bonds is 4. The molecule has 1 saturated heterocycles. The van der Waals surface area contributed by atoms with E-state index in [2.05, 4.69) is 20.5 Å². The largest absolute Gasteiger partial charge is 0.416 e. The van der Waals surface area contributed by atoms with E-state index < -0.39 is 17.8 Å². The lowest BCUT2D eigenvalue weighted by molar-refractivity contribution is -0.138. The van der Waals surface area contributed by atoms with Crippen molar-refractivity contribution in [2.45, 2.75) is 39.9 Å². The maximum absolute atomic E-state index is 13.4. The number of hydrogen-bond donors (Lipinski definition) is 1. The lowest BCUT2D eigenvalue weighted by Gasteiger charge is -2.33. The number of carbonyl (C=O) groups excluding carboxylic acids is 2.